The molecule has 92 valence electrons. The van der Waals surface area contributed by atoms with E-state index in [1.807, 2.05) is 4.90 Å². The zero-order valence-corrected chi connectivity index (χ0v) is 9.37. The Bertz CT molecular complexity index is 412. The predicted molar refractivity (Wildman–Crippen MR) is 58.2 cm³/mol. The minimum absolute atomic E-state index is 0.261. The van der Waals surface area contributed by atoms with Crippen molar-refractivity contribution in [1.29, 1.82) is 0 Å². The third kappa shape index (κ3) is 2.62. The van der Waals surface area contributed by atoms with Crippen LogP contribution in [0.1, 0.15) is 0 Å². The number of carbonyl (C=O) groups is 1. The van der Waals surface area contributed by atoms with Gasteiger partial charge in [-0.3, -0.25) is 4.98 Å². The molecule has 7 heteroatoms. The number of rotatable bonds is 3. The summed E-state index contributed by atoms with van der Waals surface area (Å²) in [6, 6.07) is 0. The first kappa shape index (κ1) is 11.6. The Hall–Kier alpha value is -1.89. The van der Waals surface area contributed by atoms with Gasteiger partial charge in [-0.2, -0.15) is 4.98 Å². The highest BCUT2D eigenvalue weighted by molar-refractivity contribution is 5.73. The van der Waals surface area contributed by atoms with Crippen LogP contribution in [0.2, 0.25) is 0 Å². The van der Waals surface area contributed by atoms with Gasteiger partial charge in [0.25, 0.3) is 0 Å². The molecule has 1 fully saturated rings. The highest BCUT2D eigenvalue weighted by Gasteiger charge is 2.27. The number of ether oxygens (including phenoxy) is 2. The van der Waals surface area contributed by atoms with Gasteiger partial charge < -0.3 is 19.5 Å². The Morgan fingerprint density at radius 2 is 2.47 bits per heavy atom. The topological polar surface area (TPSA) is 84.8 Å². The van der Waals surface area contributed by atoms with E-state index in [1.54, 1.807) is 6.20 Å². The Morgan fingerprint density at radius 3 is 3.18 bits per heavy atom. The van der Waals surface area contributed by atoms with E-state index in [2.05, 4.69) is 9.97 Å². The van der Waals surface area contributed by atoms with Crippen LogP contribution in [0.25, 0.3) is 0 Å². The van der Waals surface area contributed by atoms with Crippen LogP contribution in [0.4, 0.5) is 5.82 Å². The fraction of sp³-hybridized carbons (Fsp3) is 0.500. The molecular formula is C10H13N3O4. The Morgan fingerprint density at radius 1 is 1.65 bits per heavy atom. The molecule has 0 bridgehead atoms. The summed E-state index contributed by atoms with van der Waals surface area (Å²) >= 11 is 0. The monoisotopic (exact) mass is 239 g/mol. The molecule has 0 amide bonds. The summed E-state index contributed by atoms with van der Waals surface area (Å²) in [4.78, 5) is 20.8. The average Bonchev–Trinajstić information content (AvgIpc) is 2.39. The first-order valence-electron chi connectivity index (χ1n) is 5.16. The Kier molecular flexibility index (Phi) is 3.38. The van der Waals surface area contributed by atoms with Gasteiger partial charge in [0.1, 0.15) is 0 Å². The minimum atomic E-state index is -0.967. The second-order valence-electron chi connectivity index (χ2n) is 3.56. The van der Waals surface area contributed by atoms with Gasteiger partial charge in [-0.05, 0) is 0 Å². The summed E-state index contributed by atoms with van der Waals surface area (Å²) < 4.78 is 10.1. The third-order valence-electron chi connectivity index (χ3n) is 2.47. The van der Waals surface area contributed by atoms with Crippen LogP contribution < -0.4 is 9.64 Å². The molecular weight excluding hydrogens is 226 g/mol. The van der Waals surface area contributed by atoms with Gasteiger partial charge >= 0.3 is 5.97 Å². The number of aromatic nitrogens is 2. The number of anilines is 1. The molecule has 1 saturated heterocycles. The Labute approximate surface area is 98.0 Å². The molecule has 17 heavy (non-hydrogen) atoms. The fourth-order valence-corrected chi connectivity index (χ4v) is 1.60. The van der Waals surface area contributed by atoms with Gasteiger partial charge in [0, 0.05) is 6.54 Å². The lowest BCUT2D eigenvalue weighted by atomic mass is 10.3. The van der Waals surface area contributed by atoms with Gasteiger partial charge in [-0.1, -0.05) is 0 Å². The van der Waals surface area contributed by atoms with Crippen molar-refractivity contribution in [2.45, 2.75) is 6.10 Å². The molecule has 1 aliphatic rings. The van der Waals surface area contributed by atoms with Gasteiger partial charge in [0.05, 0.1) is 32.7 Å². The van der Waals surface area contributed by atoms with Crippen LogP contribution in [-0.2, 0) is 9.53 Å². The zero-order valence-electron chi connectivity index (χ0n) is 9.37. The molecule has 0 aromatic carbocycles. The van der Waals surface area contributed by atoms with E-state index in [0.717, 1.165) is 0 Å². The van der Waals surface area contributed by atoms with Crippen molar-refractivity contribution in [3.63, 3.8) is 0 Å². The molecule has 1 atom stereocenters. The first-order chi connectivity index (χ1) is 8.20. The molecule has 1 unspecified atom stereocenters. The van der Waals surface area contributed by atoms with Crippen LogP contribution >= 0.6 is 0 Å². The fourth-order valence-electron chi connectivity index (χ4n) is 1.60. The number of carboxylic acid groups (broad SMARTS) is 1. The number of methoxy groups -OCH3 is 1. The third-order valence-corrected chi connectivity index (χ3v) is 2.47. The highest BCUT2D eigenvalue weighted by Crippen LogP contribution is 2.16. The molecule has 0 saturated carbocycles. The SMILES string of the molecule is COc1cncc(N2CCOC(C(=O)O)C2)n1. The highest BCUT2D eigenvalue weighted by atomic mass is 16.5. The predicted octanol–water partition coefficient (Wildman–Crippen LogP) is -0.225. The Balaban J connectivity index is 2.13. The van der Waals surface area contributed by atoms with E-state index in [9.17, 15) is 4.79 Å². The van der Waals surface area contributed by atoms with E-state index >= 15 is 0 Å². The van der Waals surface area contributed by atoms with Gasteiger partial charge in [-0.15, -0.1) is 0 Å². The largest absolute Gasteiger partial charge is 0.480 e. The van der Waals surface area contributed by atoms with E-state index in [4.69, 9.17) is 14.6 Å². The molecule has 1 aromatic rings. The molecule has 1 aromatic heterocycles. The lowest BCUT2D eigenvalue weighted by Crippen LogP contribution is -2.46. The van der Waals surface area contributed by atoms with Crippen molar-refractivity contribution >= 4 is 11.8 Å². The van der Waals surface area contributed by atoms with Crippen molar-refractivity contribution in [1.82, 2.24) is 9.97 Å². The van der Waals surface area contributed by atoms with E-state index in [0.29, 0.717) is 24.8 Å². The second-order valence-corrected chi connectivity index (χ2v) is 3.56. The number of aliphatic carboxylic acids is 1. The number of hydrogen-bond donors (Lipinski definition) is 1. The quantitative estimate of drug-likeness (QED) is 0.780. The smallest absolute Gasteiger partial charge is 0.334 e. The molecule has 1 N–H and O–H groups in total. The number of nitrogens with zero attached hydrogens (tertiary/aromatic N) is 3. The molecule has 2 rings (SSSR count). The maximum atomic E-state index is 10.8. The second kappa shape index (κ2) is 4.96. The normalized spacial score (nSPS) is 20.1. The summed E-state index contributed by atoms with van der Waals surface area (Å²) in [5.41, 5.74) is 0. The summed E-state index contributed by atoms with van der Waals surface area (Å²) in [5, 5.41) is 8.89. The maximum Gasteiger partial charge on any atom is 0.334 e. The standard InChI is InChI=1S/C10H13N3O4/c1-16-9-5-11-4-8(12-9)13-2-3-17-7(6-13)10(14)15/h4-5,7H,2-3,6H2,1H3,(H,14,15). The molecule has 2 heterocycles. The molecule has 7 nitrogen and oxygen atoms in total. The van der Waals surface area contributed by atoms with Crippen LogP contribution in [0, 0.1) is 0 Å². The summed E-state index contributed by atoms with van der Waals surface area (Å²) in [6.45, 7) is 1.21. The average molecular weight is 239 g/mol. The number of carboxylic acids is 1. The lowest BCUT2D eigenvalue weighted by Gasteiger charge is -2.31. The van der Waals surface area contributed by atoms with Crippen molar-refractivity contribution in [2.75, 3.05) is 31.7 Å². The van der Waals surface area contributed by atoms with Gasteiger partial charge in [0.15, 0.2) is 11.9 Å². The van der Waals surface area contributed by atoms with Crippen molar-refractivity contribution in [2.24, 2.45) is 0 Å². The minimum Gasteiger partial charge on any atom is -0.480 e. The summed E-state index contributed by atoms with van der Waals surface area (Å²) in [5.74, 6) is 0.0327. The van der Waals surface area contributed by atoms with Crippen LogP contribution in [0.5, 0.6) is 5.88 Å². The van der Waals surface area contributed by atoms with E-state index in [-0.39, 0.29) is 6.54 Å². The zero-order chi connectivity index (χ0) is 12.3. The molecule has 0 radical (unpaired) electrons. The lowest BCUT2D eigenvalue weighted by molar-refractivity contribution is -0.150. The van der Waals surface area contributed by atoms with Gasteiger partial charge in [0.2, 0.25) is 5.88 Å². The molecule has 1 aliphatic heterocycles. The first-order valence-corrected chi connectivity index (χ1v) is 5.16. The van der Waals surface area contributed by atoms with E-state index in [1.165, 1.54) is 13.3 Å². The van der Waals surface area contributed by atoms with Crippen molar-refractivity contribution in [3.8, 4) is 5.88 Å². The maximum absolute atomic E-state index is 10.8. The molecule has 0 spiro atoms. The summed E-state index contributed by atoms with van der Waals surface area (Å²) in [6.07, 6.45) is 2.25. The van der Waals surface area contributed by atoms with Crippen LogP contribution in [0.15, 0.2) is 12.4 Å². The van der Waals surface area contributed by atoms with Crippen molar-refractivity contribution < 1.29 is 19.4 Å². The van der Waals surface area contributed by atoms with Crippen molar-refractivity contribution in [3.05, 3.63) is 12.4 Å². The molecule has 0 aliphatic carbocycles. The van der Waals surface area contributed by atoms with Crippen LogP contribution in [-0.4, -0.2) is 54.0 Å². The summed E-state index contributed by atoms with van der Waals surface area (Å²) in [7, 11) is 1.51. The van der Waals surface area contributed by atoms with Gasteiger partial charge in [-0.25, -0.2) is 4.79 Å². The number of morpholine rings is 1. The van der Waals surface area contributed by atoms with Crippen LogP contribution in [0.3, 0.4) is 0 Å². The van der Waals surface area contributed by atoms with E-state index < -0.39 is 12.1 Å². The number of hydrogen-bond acceptors (Lipinski definition) is 6.